The van der Waals surface area contributed by atoms with Gasteiger partial charge in [0.1, 0.15) is 0 Å². The summed E-state index contributed by atoms with van der Waals surface area (Å²) < 4.78 is 0.220. The first kappa shape index (κ1) is 15.2. The van der Waals surface area contributed by atoms with Crippen molar-refractivity contribution in [3.8, 4) is 0 Å². The lowest BCUT2D eigenvalue weighted by Gasteiger charge is -2.23. The molecule has 1 saturated heterocycles. The van der Waals surface area contributed by atoms with E-state index in [4.69, 9.17) is 0 Å². The molecule has 1 N–H and O–H groups in total. The monoisotopic (exact) mass is 292 g/mol. The summed E-state index contributed by atoms with van der Waals surface area (Å²) in [5.74, 6) is 1.24. The van der Waals surface area contributed by atoms with Crippen LogP contribution < -0.4 is 10.2 Å². The highest BCUT2D eigenvalue weighted by atomic mass is 32.2. The zero-order valence-corrected chi connectivity index (χ0v) is 13.4. The molecule has 1 heterocycles. The molecule has 3 nitrogen and oxygen atoms in total. The van der Waals surface area contributed by atoms with Crippen LogP contribution in [0.1, 0.15) is 37.0 Å². The molecular formula is C16H24N2OS. The van der Waals surface area contributed by atoms with Crippen molar-refractivity contribution in [2.75, 3.05) is 30.8 Å². The smallest absolute Gasteiger partial charge is 0.251 e. The number of carbonyl (C=O) groups excluding carboxylic acids is 1. The fraction of sp³-hybridized carbons (Fsp3) is 0.562. The van der Waals surface area contributed by atoms with Crippen LogP contribution in [-0.4, -0.2) is 36.5 Å². The van der Waals surface area contributed by atoms with Crippen molar-refractivity contribution in [1.82, 2.24) is 5.32 Å². The van der Waals surface area contributed by atoms with E-state index in [0.29, 0.717) is 0 Å². The van der Waals surface area contributed by atoms with Crippen LogP contribution in [0.5, 0.6) is 0 Å². The summed E-state index contributed by atoms with van der Waals surface area (Å²) >= 11 is 1.97. The Hall–Kier alpha value is -1.16. The predicted octanol–water partition coefficient (Wildman–Crippen LogP) is 3.16. The summed E-state index contributed by atoms with van der Waals surface area (Å²) in [6.45, 7) is 6.07. The quantitative estimate of drug-likeness (QED) is 0.905. The molecule has 0 unspecified atom stereocenters. The molecule has 0 bridgehead atoms. The van der Waals surface area contributed by atoms with E-state index in [9.17, 15) is 4.79 Å². The molecule has 0 saturated carbocycles. The Morgan fingerprint density at radius 1 is 1.40 bits per heavy atom. The van der Waals surface area contributed by atoms with Crippen molar-refractivity contribution in [1.29, 1.82) is 0 Å². The van der Waals surface area contributed by atoms with Gasteiger partial charge in [0.15, 0.2) is 0 Å². The van der Waals surface area contributed by atoms with Gasteiger partial charge in [0.2, 0.25) is 0 Å². The topological polar surface area (TPSA) is 32.3 Å². The molecule has 4 heteroatoms. The molecule has 0 aromatic heterocycles. The van der Waals surface area contributed by atoms with Crippen LogP contribution in [0.4, 0.5) is 5.69 Å². The van der Waals surface area contributed by atoms with Gasteiger partial charge in [-0.05, 0) is 56.7 Å². The Morgan fingerprint density at radius 2 is 2.10 bits per heavy atom. The lowest BCUT2D eigenvalue weighted by atomic mass is 10.1. The Morgan fingerprint density at radius 3 is 2.65 bits per heavy atom. The Bertz CT molecular complexity index is 452. The first-order valence-corrected chi connectivity index (χ1v) is 8.26. The first-order valence-electron chi connectivity index (χ1n) is 7.27. The molecule has 1 fully saturated rings. The number of thioether (sulfide) groups is 1. The molecule has 2 rings (SSSR count). The van der Waals surface area contributed by atoms with Gasteiger partial charge in [0.25, 0.3) is 5.91 Å². The molecule has 1 aliphatic heterocycles. The molecule has 1 amide bonds. The van der Waals surface area contributed by atoms with E-state index in [-0.39, 0.29) is 10.7 Å². The van der Waals surface area contributed by atoms with Crippen molar-refractivity contribution in [2.24, 2.45) is 0 Å². The Balaban J connectivity index is 1.92. The van der Waals surface area contributed by atoms with Crippen molar-refractivity contribution in [3.05, 3.63) is 29.8 Å². The van der Waals surface area contributed by atoms with Crippen molar-refractivity contribution in [3.63, 3.8) is 0 Å². The lowest BCUT2D eigenvalue weighted by molar-refractivity contribution is 0.0950. The average molecular weight is 292 g/mol. The minimum absolute atomic E-state index is 0.0319. The van der Waals surface area contributed by atoms with E-state index in [1.807, 2.05) is 43.1 Å². The molecule has 0 radical (unpaired) electrons. The molecule has 1 atom stereocenters. The number of benzene rings is 1. The number of hydrogen-bond acceptors (Lipinski definition) is 3. The summed E-state index contributed by atoms with van der Waals surface area (Å²) in [5.41, 5.74) is 1.88. The Labute approximate surface area is 126 Å². The molecule has 1 aromatic carbocycles. The van der Waals surface area contributed by atoms with Gasteiger partial charge in [0.05, 0.1) is 0 Å². The fourth-order valence-corrected chi connectivity index (χ4v) is 3.64. The van der Waals surface area contributed by atoms with Gasteiger partial charge in [-0.25, -0.2) is 0 Å². The highest BCUT2D eigenvalue weighted by Gasteiger charge is 2.29. The van der Waals surface area contributed by atoms with Crippen LogP contribution in [-0.2, 0) is 0 Å². The highest BCUT2D eigenvalue weighted by molar-refractivity contribution is 8.00. The van der Waals surface area contributed by atoms with Crippen LogP contribution in [0.15, 0.2) is 24.3 Å². The molecule has 0 spiro atoms. The number of carbonyl (C=O) groups is 1. The van der Waals surface area contributed by atoms with E-state index in [1.54, 1.807) is 0 Å². The Kier molecular flexibility index (Phi) is 4.97. The number of hydrogen-bond donors (Lipinski definition) is 1. The zero-order chi connectivity index (χ0) is 14.6. The van der Waals surface area contributed by atoms with Crippen LogP contribution in [0.25, 0.3) is 0 Å². The van der Waals surface area contributed by atoms with E-state index in [0.717, 1.165) is 24.3 Å². The fourth-order valence-electron chi connectivity index (χ4n) is 2.40. The number of rotatable bonds is 5. The van der Waals surface area contributed by atoms with E-state index < -0.39 is 0 Å². The number of anilines is 1. The van der Waals surface area contributed by atoms with Gasteiger partial charge in [0, 0.05) is 36.1 Å². The second-order valence-electron chi connectivity index (χ2n) is 5.65. The molecular weight excluding hydrogens is 268 g/mol. The van der Waals surface area contributed by atoms with Crippen molar-refractivity contribution in [2.45, 2.75) is 31.4 Å². The summed E-state index contributed by atoms with van der Waals surface area (Å²) in [6.07, 6.45) is 2.45. The maximum Gasteiger partial charge on any atom is 0.251 e. The van der Waals surface area contributed by atoms with Crippen LogP contribution in [0.3, 0.4) is 0 Å². The first-order chi connectivity index (χ1) is 9.54. The van der Waals surface area contributed by atoms with E-state index >= 15 is 0 Å². The van der Waals surface area contributed by atoms with Gasteiger partial charge in [-0.2, -0.15) is 11.8 Å². The zero-order valence-electron chi connectivity index (χ0n) is 12.6. The third kappa shape index (κ3) is 3.69. The largest absolute Gasteiger partial charge is 0.375 e. The van der Waals surface area contributed by atoms with Crippen LogP contribution in [0.2, 0.25) is 0 Å². The van der Waals surface area contributed by atoms with Gasteiger partial charge < -0.3 is 10.2 Å². The predicted molar refractivity (Wildman–Crippen MR) is 87.8 cm³/mol. The van der Waals surface area contributed by atoms with E-state index in [1.165, 1.54) is 18.6 Å². The van der Waals surface area contributed by atoms with Crippen LogP contribution in [0, 0.1) is 0 Å². The standard InChI is InChI=1S/C16H24N2OS/c1-4-18(3)14-8-6-13(7-9-14)15(19)17-12-16(2)10-5-11-20-16/h6-9H,4-5,10-12H2,1-3H3,(H,17,19)/t16-/m0/s1. The molecule has 1 aromatic rings. The summed E-state index contributed by atoms with van der Waals surface area (Å²) in [5, 5.41) is 3.07. The molecule has 0 aliphatic carbocycles. The molecule has 20 heavy (non-hydrogen) atoms. The maximum atomic E-state index is 12.2. The van der Waals surface area contributed by atoms with Crippen molar-refractivity contribution < 1.29 is 4.79 Å². The molecule has 1 aliphatic rings. The summed E-state index contributed by atoms with van der Waals surface area (Å²) in [7, 11) is 2.05. The SMILES string of the molecule is CCN(C)c1ccc(C(=O)NC[C@]2(C)CCCS2)cc1. The number of nitrogens with one attached hydrogen (secondary N) is 1. The third-order valence-electron chi connectivity index (χ3n) is 3.97. The van der Waals surface area contributed by atoms with Gasteiger partial charge in [-0.3, -0.25) is 4.79 Å². The minimum Gasteiger partial charge on any atom is -0.375 e. The number of nitrogens with zero attached hydrogens (tertiary/aromatic N) is 1. The van der Waals surface area contributed by atoms with Crippen LogP contribution >= 0.6 is 11.8 Å². The van der Waals surface area contributed by atoms with Gasteiger partial charge >= 0.3 is 0 Å². The van der Waals surface area contributed by atoms with Gasteiger partial charge in [-0.15, -0.1) is 0 Å². The maximum absolute atomic E-state index is 12.2. The van der Waals surface area contributed by atoms with Crippen molar-refractivity contribution >= 4 is 23.4 Å². The summed E-state index contributed by atoms with van der Waals surface area (Å²) in [6, 6.07) is 7.82. The highest BCUT2D eigenvalue weighted by Crippen LogP contribution is 2.36. The molecule has 110 valence electrons. The summed E-state index contributed by atoms with van der Waals surface area (Å²) in [4.78, 5) is 14.3. The lowest BCUT2D eigenvalue weighted by Crippen LogP contribution is -2.36. The minimum atomic E-state index is 0.0319. The third-order valence-corrected chi connectivity index (χ3v) is 5.51. The second-order valence-corrected chi connectivity index (χ2v) is 7.33. The average Bonchev–Trinajstić information content (AvgIpc) is 2.91. The van der Waals surface area contributed by atoms with E-state index in [2.05, 4.69) is 24.1 Å². The van der Waals surface area contributed by atoms with Gasteiger partial charge in [-0.1, -0.05) is 0 Å². The second kappa shape index (κ2) is 6.53. The number of amides is 1. The normalized spacial score (nSPS) is 21.8.